The minimum atomic E-state index is -0.602. The van der Waals surface area contributed by atoms with Gasteiger partial charge in [0.2, 0.25) is 0 Å². The summed E-state index contributed by atoms with van der Waals surface area (Å²) in [5.41, 5.74) is 1.27. The summed E-state index contributed by atoms with van der Waals surface area (Å²) in [6, 6.07) is 3.03. The Labute approximate surface area is 75.5 Å². The summed E-state index contributed by atoms with van der Waals surface area (Å²) < 4.78 is 0. The number of hydrogen-bond donors (Lipinski definition) is 4. The molecule has 0 bridgehead atoms. The molecule has 0 fully saturated rings. The van der Waals surface area contributed by atoms with E-state index in [1.54, 1.807) is 6.07 Å². The molecule has 4 nitrogen and oxygen atoms in total. The summed E-state index contributed by atoms with van der Waals surface area (Å²) in [6.07, 6.45) is -0.602. The summed E-state index contributed by atoms with van der Waals surface area (Å²) in [5, 5.41) is 31.1. The van der Waals surface area contributed by atoms with Gasteiger partial charge in [0.1, 0.15) is 0 Å². The van der Waals surface area contributed by atoms with E-state index >= 15 is 0 Å². The number of β-amino-alcohol motifs (C(OH)–C–C–N with tert-alkyl or cyclic N) is 1. The third-order valence-corrected chi connectivity index (χ3v) is 2.30. The van der Waals surface area contributed by atoms with E-state index in [0.717, 1.165) is 0 Å². The fraction of sp³-hybridized carbons (Fsp3) is 0.333. The van der Waals surface area contributed by atoms with E-state index in [2.05, 4.69) is 5.32 Å². The molecule has 0 aliphatic carbocycles. The van der Waals surface area contributed by atoms with Crippen LogP contribution in [0.5, 0.6) is 11.5 Å². The SMILES string of the molecule is Oc1ccc2c(c1O)CNC[C@@H]2O. The zero-order chi connectivity index (χ0) is 9.42. The molecule has 1 aromatic rings. The third kappa shape index (κ3) is 1.24. The van der Waals surface area contributed by atoms with Gasteiger partial charge in [-0.3, -0.25) is 0 Å². The third-order valence-electron chi connectivity index (χ3n) is 2.30. The molecule has 0 aromatic heterocycles. The Kier molecular flexibility index (Phi) is 1.86. The molecule has 70 valence electrons. The monoisotopic (exact) mass is 181 g/mol. The number of aromatic hydroxyl groups is 2. The number of fused-ring (bicyclic) bond motifs is 1. The number of nitrogens with one attached hydrogen (secondary N) is 1. The molecule has 1 atom stereocenters. The van der Waals surface area contributed by atoms with Gasteiger partial charge in [0.15, 0.2) is 11.5 Å². The average molecular weight is 181 g/mol. The molecule has 0 radical (unpaired) electrons. The first-order valence-electron chi connectivity index (χ1n) is 4.12. The zero-order valence-corrected chi connectivity index (χ0v) is 6.99. The van der Waals surface area contributed by atoms with Crippen molar-refractivity contribution in [3.05, 3.63) is 23.3 Å². The lowest BCUT2D eigenvalue weighted by atomic mass is 9.97. The zero-order valence-electron chi connectivity index (χ0n) is 6.99. The van der Waals surface area contributed by atoms with E-state index in [1.807, 2.05) is 0 Å². The van der Waals surface area contributed by atoms with Gasteiger partial charge in [-0.25, -0.2) is 0 Å². The molecule has 1 aliphatic rings. The maximum absolute atomic E-state index is 9.52. The number of rotatable bonds is 0. The smallest absolute Gasteiger partial charge is 0.162 e. The number of phenols is 2. The molecule has 0 unspecified atom stereocenters. The van der Waals surface area contributed by atoms with Gasteiger partial charge in [-0.05, 0) is 11.6 Å². The Morgan fingerprint density at radius 2 is 2.08 bits per heavy atom. The fourth-order valence-corrected chi connectivity index (χ4v) is 1.58. The van der Waals surface area contributed by atoms with Crippen LogP contribution in [0.4, 0.5) is 0 Å². The molecule has 0 saturated carbocycles. The van der Waals surface area contributed by atoms with E-state index < -0.39 is 6.10 Å². The molecule has 0 amide bonds. The van der Waals surface area contributed by atoms with Crippen molar-refractivity contribution in [2.45, 2.75) is 12.6 Å². The van der Waals surface area contributed by atoms with Crippen LogP contribution in [0.3, 0.4) is 0 Å². The highest BCUT2D eigenvalue weighted by Crippen LogP contribution is 2.35. The van der Waals surface area contributed by atoms with Crippen LogP contribution in [0, 0.1) is 0 Å². The second kappa shape index (κ2) is 2.90. The van der Waals surface area contributed by atoms with Crippen LogP contribution in [-0.2, 0) is 6.54 Å². The first-order chi connectivity index (χ1) is 6.20. The predicted molar refractivity (Wildman–Crippen MR) is 46.4 cm³/mol. The predicted octanol–water partition coefficient (Wildman–Crippen LogP) is 0.234. The number of phenolic OH excluding ortho intramolecular Hbond substituents is 2. The minimum absolute atomic E-state index is 0.135. The van der Waals surface area contributed by atoms with Gasteiger partial charge in [0.05, 0.1) is 6.10 Å². The van der Waals surface area contributed by atoms with Crippen molar-refractivity contribution in [3.8, 4) is 11.5 Å². The van der Waals surface area contributed by atoms with Gasteiger partial charge in [-0.2, -0.15) is 0 Å². The lowest BCUT2D eigenvalue weighted by Gasteiger charge is -2.23. The largest absolute Gasteiger partial charge is 0.504 e. The number of aliphatic hydroxyl groups excluding tert-OH is 1. The van der Waals surface area contributed by atoms with Crippen LogP contribution in [0.15, 0.2) is 12.1 Å². The summed E-state index contributed by atoms with van der Waals surface area (Å²) in [6.45, 7) is 0.962. The van der Waals surface area contributed by atoms with E-state index in [-0.39, 0.29) is 11.5 Å². The molecule has 2 rings (SSSR count). The van der Waals surface area contributed by atoms with E-state index in [9.17, 15) is 15.3 Å². The van der Waals surface area contributed by atoms with E-state index in [1.165, 1.54) is 6.07 Å². The van der Waals surface area contributed by atoms with Gasteiger partial charge in [0.25, 0.3) is 0 Å². The second-order valence-electron chi connectivity index (χ2n) is 3.15. The summed E-state index contributed by atoms with van der Waals surface area (Å²) in [5.74, 6) is -0.279. The van der Waals surface area contributed by atoms with Crippen molar-refractivity contribution < 1.29 is 15.3 Å². The van der Waals surface area contributed by atoms with Crippen molar-refractivity contribution in [1.29, 1.82) is 0 Å². The van der Waals surface area contributed by atoms with Crippen molar-refractivity contribution in [2.75, 3.05) is 6.54 Å². The Hall–Kier alpha value is -1.26. The van der Waals surface area contributed by atoms with Crippen molar-refractivity contribution in [3.63, 3.8) is 0 Å². The van der Waals surface area contributed by atoms with Gasteiger partial charge in [0, 0.05) is 18.7 Å². The second-order valence-corrected chi connectivity index (χ2v) is 3.15. The molecule has 0 saturated heterocycles. The van der Waals surface area contributed by atoms with Crippen molar-refractivity contribution in [1.82, 2.24) is 5.32 Å². The molecule has 0 spiro atoms. The lowest BCUT2D eigenvalue weighted by molar-refractivity contribution is 0.164. The Morgan fingerprint density at radius 1 is 1.31 bits per heavy atom. The van der Waals surface area contributed by atoms with Crippen molar-refractivity contribution in [2.24, 2.45) is 0 Å². The highest BCUT2D eigenvalue weighted by Gasteiger charge is 2.21. The molecular weight excluding hydrogens is 170 g/mol. The number of hydrogen-bond acceptors (Lipinski definition) is 4. The summed E-state index contributed by atoms with van der Waals surface area (Å²) in [7, 11) is 0. The van der Waals surface area contributed by atoms with Crippen LogP contribution >= 0.6 is 0 Å². The molecule has 1 aliphatic heterocycles. The van der Waals surface area contributed by atoms with Gasteiger partial charge >= 0.3 is 0 Å². The first-order valence-corrected chi connectivity index (χ1v) is 4.12. The van der Waals surface area contributed by atoms with Crippen LogP contribution in [0.2, 0.25) is 0 Å². The van der Waals surface area contributed by atoms with E-state index in [0.29, 0.717) is 24.2 Å². The normalized spacial score (nSPS) is 21.2. The maximum atomic E-state index is 9.52. The van der Waals surface area contributed by atoms with Crippen LogP contribution < -0.4 is 5.32 Å². The molecule has 1 heterocycles. The molecule has 4 heteroatoms. The van der Waals surface area contributed by atoms with Gasteiger partial charge in [-0.15, -0.1) is 0 Å². The van der Waals surface area contributed by atoms with Crippen LogP contribution in [0.25, 0.3) is 0 Å². The molecular formula is C9H11NO3. The Bertz CT molecular complexity index is 338. The number of aliphatic hydroxyl groups is 1. The number of benzene rings is 1. The minimum Gasteiger partial charge on any atom is -0.504 e. The molecule has 4 N–H and O–H groups in total. The summed E-state index contributed by atoms with van der Waals surface area (Å²) in [4.78, 5) is 0. The van der Waals surface area contributed by atoms with Gasteiger partial charge < -0.3 is 20.6 Å². The lowest BCUT2D eigenvalue weighted by Crippen LogP contribution is -2.27. The first kappa shape index (κ1) is 8.34. The van der Waals surface area contributed by atoms with Crippen LogP contribution in [0.1, 0.15) is 17.2 Å². The maximum Gasteiger partial charge on any atom is 0.162 e. The quantitative estimate of drug-likeness (QED) is 0.432. The topological polar surface area (TPSA) is 72.7 Å². The molecule has 1 aromatic carbocycles. The molecule has 13 heavy (non-hydrogen) atoms. The fourth-order valence-electron chi connectivity index (χ4n) is 1.58. The van der Waals surface area contributed by atoms with Crippen molar-refractivity contribution >= 4 is 0 Å². The highest BCUT2D eigenvalue weighted by molar-refractivity contribution is 5.50. The van der Waals surface area contributed by atoms with Gasteiger partial charge in [-0.1, -0.05) is 6.07 Å². The Morgan fingerprint density at radius 3 is 2.85 bits per heavy atom. The average Bonchev–Trinajstić information content (AvgIpc) is 2.12. The standard InChI is InChI=1S/C9H11NO3/c11-7-2-1-5-6(9(7)13)3-10-4-8(5)12/h1-2,8,10-13H,3-4H2/t8-/m0/s1. The van der Waals surface area contributed by atoms with Crippen LogP contribution in [-0.4, -0.2) is 21.9 Å². The van der Waals surface area contributed by atoms with E-state index in [4.69, 9.17) is 0 Å². The highest BCUT2D eigenvalue weighted by atomic mass is 16.3. The Balaban J connectivity index is 2.56. The summed E-state index contributed by atoms with van der Waals surface area (Å²) >= 11 is 0.